The van der Waals surface area contributed by atoms with Crippen molar-refractivity contribution in [1.29, 1.82) is 0 Å². The first-order valence-electron chi connectivity index (χ1n) is 6.00. The van der Waals surface area contributed by atoms with Crippen molar-refractivity contribution in [3.05, 3.63) is 69.3 Å². The predicted octanol–water partition coefficient (Wildman–Crippen LogP) is 6.24. The molecule has 3 heteroatoms. The van der Waals surface area contributed by atoms with Crippen molar-refractivity contribution < 1.29 is 0 Å². The molecular formula is C16H12BrS2+. The highest BCUT2D eigenvalue weighted by atomic mass is 79.9. The minimum absolute atomic E-state index is 1.00. The molecule has 1 aromatic heterocycles. The summed E-state index contributed by atoms with van der Waals surface area (Å²) in [5.74, 6) is 1.00. The molecule has 0 bridgehead atoms. The average molecular weight is 348 g/mol. The van der Waals surface area contributed by atoms with Gasteiger partial charge in [0.2, 0.25) is 16.7 Å². The van der Waals surface area contributed by atoms with Gasteiger partial charge in [-0.1, -0.05) is 48.5 Å². The Labute approximate surface area is 129 Å². The van der Waals surface area contributed by atoms with Crippen molar-refractivity contribution in [1.82, 2.24) is 0 Å². The number of benzene rings is 2. The molecule has 3 aromatic rings. The van der Waals surface area contributed by atoms with Gasteiger partial charge < -0.3 is 0 Å². The first-order chi connectivity index (χ1) is 9.34. The number of thioether (sulfide) groups is 1. The van der Waals surface area contributed by atoms with Gasteiger partial charge in [-0.2, -0.15) is 0 Å². The van der Waals surface area contributed by atoms with E-state index in [2.05, 4.69) is 75.9 Å². The maximum Gasteiger partial charge on any atom is 0.286 e. The van der Waals surface area contributed by atoms with Crippen LogP contribution in [0.2, 0.25) is 0 Å². The van der Waals surface area contributed by atoms with Crippen LogP contribution in [0.1, 0.15) is 5.56 Å². The van der Waals surface area contributed by atoms with Crippen molar-refractivity contribution in [3.8, 4) is 0 Å². The fourth-order valence-electron chi connectivity index (χ4n) is 1.95. The zero-order valence-corrected chi connectivity index (χ0v) is 13.4. The maximum absolute atomic E-state index is 3.69. The van der Waals surface area contributed by atoms with E-state index >= 15 is 0 Å². The molecule has 19 heavy (non-hydrogen) atoms. The lowest BCUT2D eigenvalue weighted by molar-refractivity contribution is 1.40. The van der Waals surface area contributed by atoms with E-state index in [4.69, 9.17) is 0 Å². The van der Waals surface area contributed by atoms with Gasteiger partial charge in [-0.05, 0) is 11.6 Å². The van der Waals surface area contributed by atoms with Crippen molar-refractivity contribution in [2.45, 2.75) is 10.6 Å². The van der Waals surface area contributed by atoms with Crippen LogP contribution in [-0.4, -0.2) is 0 Å². The average Bonchev–Trinajstić information content (AvgIpc) is 2.47. The molecule has 0 nitrogen and oxygen atoms in total. The van der Waals surface area contributed by atoms with Crippen LogP contribution in [0.25, 0.3) is 10.8 Å². The molecule has 1 heterocycles. The fourth-order valence-corrected chi connectivity index (χ4v) is 4.72. The van der Waals surface area contributed by atoms with Crippen molar-refractivity contribution in [2.24, 2.45) is 0 Å². The smallest absolute Gasteiger partial charge is 0.114 e. The third kappa shape index (κ3) is 2.99. The molecule has 0 aliphatic heterocycles. The molecular weight excluding hydrogens is 336 g/mol. The van der Waals surface area contributed by atoms with Gasteiger partial charge in [-0.3, -0.25) is 0 Å². The van der Waals surface area contributed by atoms with Crippen molar-refractivity contribution in [2.75, 3.05) is 0 Å². The molecule has 0 aliphatic carbocycles. The number of fused-ring (bicyclic) bond motifs is 1. The lowest BCUT2D eigenvalue weighted by Crippen LogP contribution is -1.82. The van der Waals surface area contributed by atoms with Crippen LogP contribution in [0.4, 0.5) is 0 Å². The van der Waals surface area contributed by atoms with Gasteiger partial charge in [0.1, 0.15) is 0 Å². The molecule has 94 valence electrons. The highest BCUT2D eigenvalue weighted by Crippen LogP contribution is 2.38. The van der Waals surface area contributed by atoms with Crippen molar-refractivity contribution >= 4 is 49.8 Å². The molecule has 0 amide bonds. The molecule has 0 unspecified atom stereocenters. The molecule has 3 rings (SSSR count). The molecule has 0 radical (unpaired) electrons. The summed E-state index contributed by atoms with van der Waals surface area (Å²) in [6, 6.07) is 19.2. The molecule has 0 N–H and O–H groups in total. The monoisotopic (exact) mass is 347 g/mol. The Bertz CT molecular complexity index is 695. The van der Waals surface area contributed by atoms with E-state index in [1.807, 2.05) is 11.8 Å². The lowest BCUT2D eigenvalue weighted by atomic mass is 10.2. The van der Waals surface area contributed by atoms with Gasteiger partial charge in [-0.25, -0.2) is 0 Å². The summed E-state index contributed by atoms with van der Waals surface area (Å²) in [6.45, 7) is 0. The molecule has 2 aromatic carbocycles. The Morgan fingerprint density at radius 3 is 2.53 bits per heavy atom. The predicted molar refractivity (Wildman–Crippen MR) is 89.9 cm³/mol. The zero-order chi connectivity index (χ0) is 13.1. The summed E-state index contributed by atoms with van der Waals surface area (Å²) in [5.41, 5.74) is 1.36. The third-order valence-electron chi connectivity index (χ3n) is 2.90. The number of hydrogen-bond donors (Lipinski definition) is 0. The SMILES string of the molecule is Brc1[s+]cc2ccccc2c1SCc1ccccc1. The minimum Gasteiger partial charge on any atom is -0.114 e. The van der Waals surface area contributed by atoms with E-state index in [1.165, 1.54) is 25.0 Å². The topological polar surface area (TPSA) is 0 Å². The standard InChI is InChI=1S/C16H12BrS2/c17-16-15(18-10-12-6-2-1-3-7-12)14-9-5-4-8-13(14)11-19-16/h1-9,11H,10H2/q+1. The van der Waals surface area contributed by atoms with E-state index in [1.54, 1.807) is 11.3 Å². The van der Waals surface area contributed by atoms with Gasteiger partial charge in [0.25, 0.3) is 3.79 Å². The minimum atomic E-state index is 1.00. The molecule has 0 saturated heterocycles. The summed E-state index contributed by atoms with van der Waals surface area (Å²) in [5, 5.41) is 4.84. The van der Waals surface area contributed by atoms with Gasteiger partial charge in [0, 0.05) is 32.5 Å². The number of rotatable bonds is 3. The number of hydrogen-bond acceptors (Lipinski definition) is 1. The Hall–Kier alpha value is -0.900. The first-order valence-corrected chi connectivity index (χ1v) is 8.66. The van der Waals surface area contributed by atoms with Gasteiger partial charge >= 0.3 is 0 Å². The fraction of sp³-hybridized carbons (Fsp3) is 0.0625. The lowest BCUT2D eigenvalue weighted by Gasteiger charge is -2.03. The molecule has 0 saturated carbocycles. The van der Waals surface area contributed by atoms with Crippen LogP contribution < -0.4 is 0 Å². The molecule has 0 fully saturated rings. The van der Waals surface area contributed by atoms with Crippen LogP contribution in [-0.2, 0) is 5.75 Å². The second-order valence-electron chi connectivity index (χ2n) is 4.20. The number of halogens is 1. The van der Waals surface area contributed by atoms with E-state index < -0.39 is 0 Å². The summed E-state index contributed by atoms with van der Waals surface area (Å²) in [4.78, 5) is 1.34. The van der Waals surface area contributed by atoms with E-state index in [0.29, 0.717) is 0 Å². The van der Waals surface area contributed by atoms with Crippen LogP contribution in [0, 0.1) is 0 Å². The zero-order valence-electron chi connectivity index (χ0n) is 10.2. The quantitative estimate of drug-likeness (QED) is 0.399. The molecule has 0 atom stereocenters. The second kappa shape index (κ2) is 6.04. The summed E-state index contributed by atoms with van der Waals surface area (Å²) in [6.07, 6.45) is 0. The summed E-state index contributed by atoms with van der Waals surface area (Å²) in [7, 11) is 0. The Kier molecular flexibility index (Phi) is 4.16. The highest BCUT2D eigenvalue weighted by Gasteiger charge is 2.15. The van der Waals surface area contributed by atoms with Crippen LogP contribution in [0.5, 0.6) is 0 Å². The van der Waals surface area contributed by atoms with E-state index in [-0.39, 0.29) is 0 Å². The van der Waals surface area contributed by atoms with Gasteiger partial charge in [0.15, 0.2) is 0 Å². The van der Waals surface area contributed by atoms with Crippen molar-refractivity contribution in [3.63, 3.8) is 0 Å². The second-order valence-corrected chi connectivity index (χ2v) is 7.38. The van der Waals surface area contributed by atoms with Gasteiger partial charge in [0.05, 0.1) is 4.90 Å². The Balaban J connectivity index is 1.94. The Morgan fingerprint density at radius 1 is 0.947 bits per heavy atom. The molecule has 0 aliphatic rings. The first kappa shape index (κ1) is 13.1. The summed E-state index contributed by atoms with van der Waals surface area (Å²) >= 11 is 7.34. The largest absolute Gasteiger partial charge is 0.286 e. The normalized spacial score (nSPS) is 10.8. The van der Waals surface area contributed by atoms with Crippen LogP contribution in [0.15, 0.2) is 68.7 Å². The van der Waals surface area contributed by atoms with Crippen LogP contribution in [0.3, 0.4) is 0 Å². The Morgan fingerprint density at radius 2 is 1.68 bits per heavy atom. The van der Waals surface area contributed by atoms with E-state index in [9.17, 15) is 0 Å². The van der Waals surface area contributed by atoms with Gasteiger partial charge in [-0.15, -0.1) is 11.8 Å². The molecule has 0 spiro atoms. The summed E-state index contributed by atoms with van der Waals surface area (Å²) < 4.78 is 1.21. The van der Waals surface area contributed by atoms with E-state index in [0.717, 1.165) is 5.75 Å². The highest BCUT2D eigenvalue weighted by molar-refractivity contribution is 9.11. The van der Waals surface area contributed by atoms with Crippen LogP contribution >= 0.6 is 39.0 Å². The third-order valence-corrected chi connectivity index (χ3v) is 6.22. The maximum atomic E-state index is 3.69.